The van der Waals surface area contributed by atoms with E-state index >= 15 is 0 Å². The first kappa shape index (κ1) is 23.5. The van der Waals surface area contributed by atoms with Crippen LogP contribution in [0.5, 0.6) is 0 Å². The number of ether oxygens (including phenoxy) is 1. The normalized spacial score (nSPS) is 15.1. The first-order valence-corrected chi connectivity index (χ1v) is 10.1. The maximum absolute atomic E-state index is 13.5. The zero-order chi connectivity index (χ0) is 23.5. The highest BCUT2D eigenvalue weighted by Gasteiger charge is 2.45. The van der Waals surface area contributed by atoms with Gasteiger partial charge in [-0.15, -0.1) is 0 Å². The number of para-hydroxylation sites is 1. The smallest absolute Gasteiger partial charge is 0.340 e. The van der Waals surface area contributed by atoms with Crippen molar-refractivity contribution in [3.05, 3.63) is 54.2 Å². The van der Waals surface area contributed by atoms with Crippen LogP contribution in [0.15, 0.2) is 48.7 Å². The van der Waals surface area contributed by atoms with Crippen molar-refractivity contribution in [1.29, 1.82) is 0 Å². The number of amides is 3. The molecule has 1 aromatic heterocycles. The highest BCUT2D eigenvalue weighted by atomic mass is 19.4. The summed E-state index contributed by atoms with van der Waals surface area (Å²) in [6.07, 6.45) is -3.06. The van der Waals surface area contributed by atoms with E-state index in [9.17, 15) is 22.8 Å². The molecule has 3 rings (SSSR count). The van der Waals surface area contributed by atoms with E-state index in [1.807, 2.05) is 6.07 Å². The molecule has 10 heteroatoms. The van der Waals surface area contributed by atoms with Crippen molar-refractivity contribution < 1.29 is 27.5 Å². The van der Waals surface area contributed by atoms with Crippen molar-refractivity contribution in [2.24, 2.45) is 0 Å². The summed E-state index contributed by atoms with van der Waals surface area (Å²) in [5.74, 6) is -0.678. The van der Waals surface area contributed by atoms with Gasteiger partial charge in [0.1, 0.15) is 24.8 Å². The van der Waals surface area contributed by atoms with Gasteiger partial charge in [-0.2, -0.15) is 13.2 Å². The van der Waals surface area contributed by atoms with Gasteiger partial charge in [0, 0.05) is 18.4 Å². The topological polar surface area (TPSA) is 66.0 Å². The molecule has 1 aromatic carbocycles. The van der Waals surface area contributed by atoms with E-state index < -0.39 is 29.2 Å². The highest BCUT2D eigenvalue weighted by molar-refractivity contribution is 6.03. The number of hydrogen-bond donors (Lipinski definition) is 0. The third kappa shape index (κ3) is 4.69. The van der Waals surface area contributed by atoms with Crippen LogP contribution in [0.4, 0.5) is 29.5 Å². The molecule has 1 aliphatic rings. The molecule has 0 saturated carbocycles. The summed E-state index contributed by atoms with van der Waals surface area (Å²) in [7, 11) is 0. The summed E-state index contributed by atoms with van der Waals surface area (Å²) in [6.45, 7) is 4.92. The quantitative estimate of drug-likeness (QED) is 0.650. The molecule has 7 nitrogen and oxygen atoms in total. The zero-order valence-electron chi connectivity index (χ0n) is 18.1. The number of nitrogens with zero attached hydrogens (tertiary/aromatic N) is 4. The predicted octanol–water partition coefficient (Wildman–Crippen LogP) is 4.50. The SMILES string of the molecule is CCCN(C(=O)C(C)(C)N1COCN(c2ccccc2)C1=O)c1cc(C(F)(F)F)ccn1. The van der Waals surface area contributed by atoms with Crippen molar-refractivity contribution in [1.82, 2.24) is 9.88 Å². The Morgan fingerprint density at radius 1 is 1.16 bits per heavy atom. The summed E-state index contributed by atoms with van der Waals surface area (Å²) in [4.78, 5) is 34.6. The average Bonchev–Trinajstić information content (AvgIpc) is 2.77. The average molecular weight is 450 g/mol. The van der Waals surface area contributed by atoms with Gasteiger partial charge in [0.2, 0.25) is 0 Å². The summed E-state index contributed by atoms with van der Waals surface area (Å²) < 4.78 is 45.1. The minimum atomic E-state index is -4.57. The van der Waals surface area contributed by atoms with Gasteiger partial charge in [0.05, 0.1) is 5.56 Å². The van der Waals surface area contributed by atoms with Crippen LogP contribution < -0.4 is 9.80 Å². The lowest BCUT2D eigenvalue weighted by Gasteiger charge is -2.44. The number of urea groups is 1. The summed E-state index contributed by atoms with van der Waals surface area (Å²) in [6, 6.07) is 10.1. The lowest BCUT2D eigenvalue weighted by molar-refractivity contribution is -0.137. The third-order valence-corrected chi connectivity index (χ3v) is 5.21. The maximum atomic E-state index is 13.5. The molecular formula is C22H25F3N4O3. The van der Waals surface area contributed by atoms with Crippen LogP contribution in [0.2, 0.25) is 0 Å². The van der Waals surface area contributed by atoms with Gasteiger partial charge in [-0.3, -0.25) is 19.5 Å². The van der Waals surface area contributed by atoms with E-state index in [0.29, 0.717) is 12.1 Å². The Hall–Kier alpha value is -3.14. The Balaban J connectivity index is 1.91. The van der Waals surface area contributed by atoms with Crippen LogP contribution in [0, 0.1) is 0 Å². The molecule has 0 atom stereocenters. The zero-order valence-corrected chi connectivity index (χ0v) is 18.1. The fourth-order valence-electron chi connectivity index (χ4n) is 3.40. The molecule has 32 heavy (non-hydrogen) atoms. The second-order valence-corrected chi connectivity index (χ2v) is 7.85. The third-order valence-electron chi connectivity index (χ3n) is 5.21. The molecule has 2 aromatic rings. The monoisotopic (exact) mass is 450 g/mol. The van der Waals surface area contributed by atoms with Crippen LogP contribution in [0.25, 0.3) is 0 Å². The molecule has 0 unspecified atom stereocenters. The minimum Gasteiger partial charge on any atom is -0.340 e. The largest absolute Gasteiger partial charge is 0.416 e. The summed E-state index contributed by atoms with van der Waals surface area (Å²) >= 11 is 0. The Labute approximate surface area is 184 Å². The van der Waals surface area contributed by atoms with Gasteiger partial charge >= 0.3 is 12.2 Å². The number of anilines is 2. The van der Waals surface area contributed by atoms with Crippen molar-refractivity contribution in [3.8, 4) is 0 Å². The van der Waals surface area contributed by atoms with Gasteiger partial charge in [0.15, 0.2) is 0 Å². The first-order chi connectivity index (χ1) is 15.1. The number of carbonyl (C=O) groups excluding carboxylic acids is 2. The Morgan fingerprint density at radius 3 is 2.47 bits per heavy atom. The van der Waals surface area contributed by atoms with Crippen LogP contribution in [0.1, 0.15) is 32.8 Å². The molecule has 1 fully saturated rings. The predicted molar refractivity (Wildman–Crippen MR) is 113 cm³/mol. The van der Waals surface area contributed by atoms with E-state index in [4.69, 9.17) is 4.74 Å². The van der Waals surface area contributed by atoms with Crippen molar-refractivity contribution in [2.75, 3.05) is 29.8 Å². The first-order valence-electron chi connectivity index (χ1n) is 10.1. The number of halogens is 3. The molecular weight excluding hydrogens is 425 g/mol. The van der Waals surface area contributed by atoms with Gasteiger partial charge in [-0.05, 0) is 44.5 Å². The van der Waals surface area contributed by atoms with Crippen molar-refractivity contribution in [2.45, 2.75) is 38.9 Å². The van der Waals surface area contributed by atoms with Crippen LogP contribution in [0.3, 0.4) is 0 Å². The van der Waals surface area contributed by atoms with Crippen LogP contribution in [-0.2, 0) is 15.7 Å². The van der Waals surface area contributed by atoms with E-state index in [1.165, 1.54) is 14.7 Å². The van der Waals surface area contributed by atoms with Gasteiger partial charge in [0.25, 0.3) is 5.91 Å². The molecule has 0 aliphatic carbocycles. The Morgan fingerprint density at radius 2 is 1.84 bits per heavy atom. The van der Waals surface area contributed by atoms with Crippen LogP contribution >= 0.6 is 0 Å². The molecule has 0 spiro atoms. The number of carbonyl (C=O) groups is 2. The van der Waals surface area contributed by atoms with Crippen molar-refractivity contribution in [3.63, 3.8) is 0 Å². The molecule has 3 amide bonds. The number of benzene rings is 1. The summed E-state index contributed by atoms with van der Waals surface area (Å²) in [5.41, 5.74) is -1.70. The second-order valence-electron chi connectivity index (χ2n) is 7.85. The molecule has 1 aliphatic heterocycles. The number of pyridine rings is 1. The Bertz CT molecular complexity index is 966. The van der Waals surface area contributed by atoms with E-state index in [1.54, 1.807) is 45.0 Å². The lowest BCUT2D eigenvalue weighted by Crippen LogP contribution is -2.64. The number of alkyl halides is 3. The molecule has 0 N–H and O–H groups in total. The molecule has 172 valence electrons. The number of hydrogen-bond acceptors (Lipinski definition) is 4. The molecule has 0 bridgehead atoms. The van der Waals surface area contributed by atoms with E-state index in [2.05, 4.69) is 4.98 Å². The van der Waals surface area contributed by atoms with Crippen LogP contribution in [-0.4, -0.2) is 47.4 Å². The number of aromatic nitrogens is 1. The number of rotatable bonds is 6. The maximum Gasteiger partial charge on any atom is 0.416 e. The second kappa shape index (κ2) is 9.15. The lowest BCUT2D eigenvalue weighted by atomic mass is 10.0. The van der Waals surface area contributed by atoms with Gasteiger partial charge in [-0.1, -0.05) is 25.1 Å². The minimum absolute atomic E-state index is 0.0253. The molecule has 2 heterocycles. The fraction of sp³-hybridized carbons (Fsp3) is 0.409. The van der Waals surface area contributed by atoms with E-state index in [0.717, 1.165) is 18.3 Å². The van der Waals surface area contributed by atoms with Crippen molar-refractivity contribution >= 4 is 23.4 Å². The standard InChI is InChI=1S/C22H25F3N4O3/c1-4-12-27(18-13-16(10-11-26-18)22(23,24)25)19(30)21(2,3)29-15-32-14-28(20(29)31)17-8-6-5-7-9-17/h5-11,13H,4,12,14-15H2,1-3H3. The van der Waals surface area contributed by atoms with E-state index in [-0.39, 0.29) is 25.8 Å². The Kier molecular flexibility index (Phi) is 6.73. The molecule has 0 radical (unpaired) electrons. The fourth-order valence-corrected chi connectivity index (χ4v) is 3.40. The highest BCUT2D eigenvalue weighted by Crippen LogP contribution is 2.32. The van der Waals surface area contributed by atoms with Gasteiger partial charge < -0.3 is 4.74 Å². The summed E-state index contributed by atoms with van der Waals surface area (Å²) in [5, 5.41) is 0. The van der Waals surface area contributed by atoms with Gasteiger partial charge in [-0.25, -0.2) is 9.78 Å². The molecule has 1 saturated heterocycles.